The van der Waals surface area contributed by atoms with Crippen molar-refractivity contribution in [1.29, 1.82) is 5.26 Å². The molecule has 0 radical (unpaired) electrons. The Morgan fingerprint density at radius 2 is 1.78 bits per heavy atom. The first-order chi connectivity index (χ1) is 11.0. The minimum atomic E-state index is -3.89. The van der Waals surface area contributed by atoms with Crippen molar-refractivity contribution in [2.45, 2.75) is 4.90 Å². The quantitative estimate of drug-likeness (QED) is 0.788. The van der Waals surface area contributed by atoms with Crippen molar-refractivity contribution in [1.82, 2.24) is 0 Å². The van der Waals surface area contributed by atoms with E-state index >= 15 is 0 Å². The molecule has 0 unspecified atom stereocenters. The molecule has 0 spiro atoms. The first-order valence-corrected chi connectivity index (χ1v) is 8.15. The van der Waals surface area contributed by atoms with Gasteiger partial charge in [0.1, 0.15) is 22.5 Å². The Morgan fingerprint density at radius 1 is 1.09 bits per heavy atom. The number of nitriles is 1. The van der Waals surface area contributed by atoms with E-state index in [1.807, 2.05) is 0 Å². The molecular weight excluding hydrogens is 314 g/mol. The van der Waals surface area contributed by atoms with E-state index in [0.717, 1.165) is 0 Å². The molecule has 0 saturated heterocycles. The topological polar surface area (TPSA) is 76.4 Å². The number of sulfone groups is 1. The van der Waals surface area contributed by atoms with Gasteiger partial charge < -0.3 is 9.47 Å². The van der Waals surface area contributed by atoms with E-state index in [4.69, 9.17) is 9.47 Å². The monoisotopic (exact) mass is 329 g/mol. The first-order valence-electron chi connectivity index (χ1n) is 6.67. The van der Waals surface area contributed by atoms with Crippen molar-refractivity contribution in [2.24, 2.45) is 0 Å². The summed E-state index contributed by atoms with van der Waals surface area (Å²) in [6.07, 6.45) is 1.28. The Morgan fingerprint density at radius 3 is 2.35 bits per heavy atom. The highest BCUT2D eigenvalue weighted by Crippen LogP contribution is 2.28. The van der Waals surface area contributed by atoms with E-state index in [1.165, 1.54) is 32.4 Å². The van der Waals surface area contributed by atoms with Crippen molar-refractivity contribution in [2.75, 3.05) is 14.2 Å². The molecule has 0 amide bonds. The van der Waals surface area contributed by atoms with E-state index in [2.05, 4.69) is 0 Å². The molecule has 0 aromatic heterocycles. The average molecular weight is 329 g/mol. The van der Waals surface area contributed by atoms with Gasteiger partial charge in [-0.2, -0.15) is 5.26 Å². The van der Waals surface area contributed by atoms with Gasteiger partial charge in [-0.25, -0.2) is 8.42 Å². The van der Waals surface area contributed by atoms with Gasteiger partial charge in [-0.3, -0.25) is 0 Å². The summed E-state index contributed by atoms with van der Waals surface area (Å²) < 4.78 is 35.4. The van der Waals surface area contributed by atoms with Gasteiger partial charge >= 0.3 is 0 Å². The highest BCUT2D eigenvalue weighted by Gasteiger charge is 2.21. The fourth-order valence-corrected chi connectivity index (χ4v) is 3.16. The summed E-state index contributed by atoms with van der Waals surface area (Å²) >= 11 is 0. The van der Waals surface area contributed by atoms with Crippen LogP contribution in [0.3, 0.4) is 0 Å². The molecule has 0 bridgehead atoms. The normalized spacial score (nSPS) is 11.6. The van der Waals surface area contributed by atoms with Crippen LogP contribution in [0.25, 0.3) is 6.08 Å². The molecule has 5 nitrogen and oxygen atoms in total. The number of benzene rings is 2. The molecule has 6 heteroatoms. The van der Waals surface area contributed by atoms with Crippen LogP contribution in [0.1, 0.15) is 5.56 Å². The van der Waals surface area contributed by atoms with Gasteiger partial charge in [-0.1, -0.05) is 18.2 Å². The zero-order chi connectivity index (χ0) is 16.9. The maximum absolute atomic E-state index is 12.6. The van der Waals surface area contributed by atoms with Gasteiger partial charge in [-0.15, -0.1) is 0 Å². The summed E-state index contributed by atoms with van der Waals surface area (Å²) in [4.78, 5) is -0.301. The van der Waals surface area contributed by atoms with Gasteiger partial charge in [0, 0.05) is 5.56 Å². The van der Waals surface area contributed by atoms with Gasteiger partial charge in [0.25, 0.3) is 0 Å². The Labute approximate surface area is 135 Å². The lowest BCUT2D eigenvalue weighted by molar-refractivity contribution is 0.402. The van der Waals surface area contributed by atoms with E-state index in [9.17, 15) is 13.7 Å². The number of allylic oxidation sites excluding steroid dienone is 1. The van der Waals surface area contributed by atoms with Gasteiger partial charge in [-0.05, 0) is 36.4 Å². The lowest BCUT2D eigenvalue weighted by Gasteiger charge is -2.08. The fraction of sp³-hybridized carbons (Fsp3) is 0.118. The summed E-state index contributed by atoms with van der Waals surface area (Å²) in [5.74, 6) is 0.980. The molecule has 0 aliphatic carbocycles. The zero-order valence-corrected chi connectivity index (χ0v) is 13.5. The van der Waals surface area contributed by atoms with E-state index in [0.29, 0.717) is 17.1 Å². The standard InChI is InChI=1S/C17H15NO4S/c1-21-14-8-9-17(22-2)13(10-14)11-16(12-18)23(19,20)15-6-4-3-5-7-15/h3-11H,1-2H3. The number of nitrogens with zero attached hydrogens (tertiary/aromatic N) is 1. The second-order valence-corrected chi connectivity index (χ2v) is 6.46. The molecule has 0 aliphatic heterocycles. The van der Waals surface area contributed by atoms with Gasteiger partial charge in [0.05, 0.1) is 19.1 Å². The third-order valence-corrected chi connectivity index (χ3v) is 4.86. The lowest BCUT2D eigenvalue weighted by Crippen LogP contribution is -2.03. The molecule has 0 fully saturated rings. The lowest BCUT2D eigenvalue weighted by atomic mass is 10.1. The third-order valence-electron chi connectivity index (χ3n) is 3.18. The summed E-state index contributed by atoms with van der Waals surface area (Å²) in [5.41, 5.74) is 0.447. The highest BCUT2D eigenvalue weighted by atomic mass is 32.2. The largest absolute Gasteiger partial charge is 0.497 e. The number of ether oxygens (including phenoxy) is 2. The summed E-state index contributed by atoms with van der Waals surface area (Å²) in [6.45, 7) is 0. The molecule has 118 valence electrons. The summed E-state index contributed by atoms with van der Waals surface area (Å²) in [6, 6.07) is 14.5. The number of methoxy groups -OCH3 is 2. The molecule has 0 saturated carbocycles. The van der Waals surface area contributed by atoms with Crippen LogP contribution >= 0.6 is 0 Å². The molecule has 2 aromatic carbocycles. The summed E-state index contributed by atoms with van der Waals surface area (Å²) in [5, 5.41) is 9.30. The SMILES string of the molecule is COc1ccc(OC)c(C=C(C#N)S(=O)(=O)c2ccccc2)c1. The Bertz CT molecular complexity index is 865. The number of rotatable bonds is 5. The molecular formula is C17H15NO4S. The Kier molecular flexibility index (Phi) is 5.04. The van der Waals surface area contributed by atoms with Crippen LogP contribution in [0.15, 0.2) is 58.3 Å². The Balaban J connectivity index is 2.58. The van der Waals surface area contributed by atoms with Crippen molar-refractivity contribution < 1.29 is 17.9 Å². The first kappa shape index (κ1) is 16.6. The van der Waals surface area contributed by atoms with Crippen molar-refractivity contribution in [3.63, 3.8) is 0 Å². The van der Waals surface area contributed by atoms with E-state index in [1.54, 1.807) is 42.5 Å². The molecule has 0 atom stereocenters. The smallest absolute Gasteiger partial charge is 0.216 e. The zero-order valence-electron chi connectivity index (χ0n) is 12.7. The van der Waals surface area contributed by atoms with Crippen molar-refractivity contribution >= 4 is 15.9 Å². The molecule has 0 aliphatic rings. The van der Waals surface area contributed by atoms with Crippen LogP contribution in [-0.2, 0) is 9.84 Å². The second kappa shape index (κ2) is 6.99. The van der Waals surface area contributed by atoms with E-state index < -0.39 is 9.84 Å². The molecule has 23 heavy (non-hydrogen) atoms. The van der Waals surface area contributed by atoms with Crippen molar-refractivity contribution in [3.8, 4) is 17.6 Å². The van der Waals surface area contributed by atoms with Crippen LogP contribution in [0.5, 0.6) is 11.5 Å². The molecule has 2 rings (SSSR count). The highest BCUT2D eigenvalue weighted by molar-refractivity contribution is 7.95. The summed E-state index contributed by atoms with van der Waals surface area (Å²) in [7, 11) is -0.920. The van der Waals surface area contributed by atoms with Crippen LogP contribution < -0.4 is 9.47 Å². The number of hydrogen-bond donors (Lipinski definition) is 0. The van der Waals surface area contributed by atoms with Gasteiger partial charge in [0.2, 0.25) is 9.84 Å². The Hall–Kier alpha value is -2.78. The molecule has 0 heterocycles. The van der Waals surface area contributed by atoms with Crippen LogP contribution in [0.2, 0.25) is 0 Å². The van der Waals surface area contributed by atoms with Gasteiger partial charge in [0.15, 0.2) is 0 Å². The predicted molar refractivity (Wildman–Crippen MR) is 86.8 cm³/mol. The maximum Gasteiger partial charge on any atom is 0.216 e. The van der Waals surface area contributed by atoms with Crippen LogP contribution in [0, 0.1) is 11.3 Å². The fourth-order valence-electron chi connectivity index (χ4n) is 1.99. The average Bonchev–Trinajstić information content (AvgIpc) is 2.59. The third kappa shape index (κ3) is 3.52. The second-order valence-electron chi connectivity index (χ2n) is 4.54. The van der Waals surface area contributed by atoms with Crippen molar-refractivity contribution in [3.05, 3.63) is 59.0 Å². The van der Waals surface area contributed by atoms with Crippen LogP contribution in [-0.4, -0.2) is 22.6 Å². The van der Waals surface area contributed by atoms with Crippen LogP contribution in [0.4, 0.5) is 0 Å². The minimum Gasteiger partial charge on any atom is -0.497 e. The minimum absolute atomic E-state index is 0.0645. The van der Waals surface area contributed by atoms with E-state index in [-0.39, 0.29) is 9.80 Å². The number of hydrogen-bond acceptors (Lipinski definition) is 5. The maximum atomic E-state index is 12.6. The molecule has 0 N–H and O–H groups in total. The molecule has 2 aromatic rings. The predicted octanol–water partition coefficient (Wildman–Crippen LogP) is 3.04.